The highest BCUT2D eigenvalue weighted by atomic mass is 32.2. The van der Waals surface area contributed by atoms with Crippen molar-refractivity contribution in [1.82, 2.24) is 0 Å². The second-order valence-corrected chi connectivity index (χ2v) is 8.34. The Bertz CT molecular complexity index is 887. The fraction of sp³-hybridized carbons (Fsp3) is 0.400. The van der Waals surface area contributed by atoms with Crippen molar-refractivity contribution in [2.75, 3.05) is 33.4 Å². The molecule has 1 saturated heterocycles. The molecule has 3 rings (SSSR count). The molecule has 0 bridgehead atoms. The van der Waals surface area contributed by atoms with E-state index >= 15 is 0 Å². The van der Waals surface area contributed by atoms with Gasteiger partial charge in [-0.3, -0.25) is 0 Å². The lowest BCUT2D eigenvalue weighted by molar-refractivity contribution is -0.921. The maximum Gasteiger partial charge on any atom is 0.339 e. The van der Waals surface area contributed by atoms with E-state index in [1.165, 1.54) is 29.7 Å². The molecule has 2 aromatic carbocycles. The highest BCUT2D eigenvalue weighted by Crippen LogP contribution is 2.26. The Balaban J connectivity index is 1.78. The smallest absolute Gasteiger partial charge is 0.339 e. The van der Waals surface area contributed by atoms with Crippen LogP contribution in [0.5, 0.6) is 11.5 Å². The van der Waals surface area contributed by atoms with E-state index in [4.69, 9.17) is 13.7 Å². The Labute approximate surface area is 160 Å². The monoisotopic (exact) mass is 392 g/mol. The molecule has 1 N–H and O–H groups in total. The van der Waals surface area contributed by atoms with E-state index in [-0.39, 0.29) is 4.90 Å². The molecule has 0 saturated carbocycles. The lowest BCUT2D eigenvalue weighted by atomic mass is 10.0. The van der Waals surface area contributed by atoms with Crippen LogP contribution in [0.2, 0.25) is 0 Å². The SMILES string of the molecule is COc1ccc(S(=O)(=O)Oc2cc(C)c(C[NH+]3CCOCC3)cc2C)cc1. The fourth-order valence-corrected chi connectivity index (χ4v) is 4.13. The van der Waals surface area contributed by atoms with Crippen LogP contribution >= 0.6 is 0 Å². The van der Waals surface area contributed by atoms with Crippen LogP contribution in [-0.4, -0.2) is 41.8 Å². The molecule has 0 amide bonds. The summed E-state index contributed by atoms with van der Waals surface area (Å²) >= 11 is 0. The zero-order valence-corrected chi connectivity index (χ0v) is 16.8. The standard InChI is InChI=1S/C20H25NO5S/c1-15-13-20(16(2)12-17(15)14-21-8-10-25-11-9-21)26-27(22,23)19-6-4-18(24-3)5-7-19/h4-7,12-13H,8-11,14H2,1-3H3/p+1. The molecule has 0 radical (unpaired) electrons. The van der Waals surface area contributed by atoms with Gasteiger partial charge in [-0.05, 0) is 61.4 Å². The van der Waals surface area contributed by atoms with E-state index in [2.05, 4.69) is 0 Å². The van der Waals surface area contributed by atoms with E-state index in [1.807, 2.05) is 26.0 Å². The molecule has 0 aromatic heterocycles. The minimum absolute atomic E-state index is 0.0993. The normalized spacial score (nSPS) is 15.5. The van der Waals surface area contributed by atoms with Crippen LogP contribution in [0.4, 0.5) is 0 Å². The van der Waals surface area contributed by atoms with E-state index in [0.29, 0.717) is 11.5 Å². The fourth-order valence-electron chi connectivity index (χ4n) is 3.14. The number of benzene rings is 2. The van der Waals surface area contributed by atoms with Gasteiger partial charge in [0.05, 0.1) is 20.3 Å². The van der Waals surface area contributed by atoms with Crippen molar-refractivity contribution in [1.29, 1.82) is 0 Å². The second kappa shape index (κ2) is 8.29. The van der Waals surface area contributed by atoms with Gasteiger partial charge in [0, 0.05) is 5.56 Å². The van der Waals surface area contributed by atoms with E-state index in [9.17, 15) is 8.42 Å². The first-order valence-corrected chi connectivity index (χ1v) is 10.4. The number of ether oxygens (including phenoxy) is 2. The summed E-state index contributed by atoms with van der Waals surface area (Å²) in [5.41, 5.74) is 3.04. The molecule has 0 unspecified atom stereocenters. The Morgan fingerprint density at radius 2 is 1.70 bits per heavy atom. The molecule has 0 aliphatic carbocycles. The van der Waals surface area contributed by atoms with Crippen LogP contribution in [0, 0.1) is 13.8 Å². The zero-order chi connectivity index (χ0) is 19.4. The molecule has 0 spiro atoms. The van der Waals surface area contributed by atoms with Gasteiger partial charge in [0.1, 0.15) is 36.0 Å². The molecule has 7 heteroatoms. The number of morpholine rings is 1. The number of methoxy groups -OCH3 is 1. The number of hydrogen-bond donors (Lipinski definition) is 1. The lowest BCUT2D eigenvalue weighted by Gasteiger charge is -2.24. The van der Waals surface area contributed by atoms with Gasteiger partial charge in [0.15, 0.2) is 0 Å². The maximum atomic E-state index is 12.6. The largest absolute Gasteiger partial charge is 0.497 e. The van der Waals surface area contributed by atoms with Crippen LogP contribution in [0.25, 0.3) is 0 Å². The highest BCUT2D eigenvalue weighted by Gasteiger charge is 2.20. The summed E-state index contributed by atoms with van der Waals surface area (Å²) in [5.74, 6) is 0.958. The number of nitrogens with one attached hydrogen (secondary N) is 1. The molecule has 1 heterocycles. The maximum absolute atomic E-state index is 12.6. The number of aryl methyl sites for hydroxylation is 2. The molecular formula is C20H26NO5S+. The molecule has 0 atom stereocenters. The number of quaternary nitrogens is 1. The predicted octanol–water partition coefficient (Wildman–Crippen LogP) is 1.49. The van der Waals surface area contributed by atoms with Crippen LogP contribution in [-0.2, 0) is 21.4 Å². The average Bonchev–Trinajstić information content (AvgIpc) is 2.66. The third-order valence-corrected chi connectivity index (χ3v) is 6.07. The molecule has 146 valence electrons. The average molecular weight is 392 g/mol. The van der Waals surface area contributed by atoms with E-state index < -0.39 is 10.1 Å². The van der Waals surface area contributed by atoms with E-state index in [1.54, 1.807) is 12.1 Å². The summed E-state index contributed by atoms with van der Waals surface area (Å²) < 4.78 is 41.1. The first kappa shape index (κ1) is 19.7. The van der Waals surface area contributed by atoms with E-state index in [0.717, 1.165) is 44.0 Å². The summed E-state index contributed by atoms with van der Waals surface area (Å²) in [7, 11) is -2.36. The first-order chi connectivity index (χ1) is 12.9. The summed E-state index contributed by atoms with van der Waals surface area (Å²) in [6, 6.07) is 9.99. The van der Waals surface area contributed by atoms with Gasteiger partial charge in [-0.25, -0.2) is 0 Å². The number of hydrogen-bond acceptors (Lipinski definition) is 5. The quantitative estimate of drug-likeness (QED) is 0.755. The van der Waals surface area contributed by atoms with Crippen molar-refractivity contribution in [3.63, 3.8) is 0 Å². The van der Waals surface area contributed by atoms with Crippen molar-refractivity contribution < 1.29 is 27.0 Å². The topological polar surface area (TPSA) is 66.3 Å². The second-order valence-electron chi connectivity index (χ2n) is 6.80. The Morgan fingerprint density at radius 1 is 1.04 bits per heavy atom. The van der Waals surface area contributed by atoms with Crippen molar-refractivity contribution in [2.24, 2.45) is 0 Å². The Hall–Kier alpha value is -2.09. The molecule has 1 fully saturated rings. The summed E-state index contributed by atoms with van der Waals surface area (Å²) in [6.07, 6.45) is 0. The minimum atomic E-state index is -3.89. The molecular weight excluding hydrogens is 366 g/mol. The third-order valence-electron chi connectivity index (χ3n) is 4.82. The summed E-state index contributed by atoms with van der Waals surface area (Å²) in [4.78, 5) is 1.57. The van der Waals surface area contributed by atoms with Gasteiger partial charge >= 0.3 is 10.1 Å². The van der Waals surface area contributed by atoms with Gasteiger partial charge < -0.3 is 18.6 Å². The van der Waals surface area contributed by atoms with Gasteiger partial charge in [0.25, 0.3) is 0 Å². The molecule has 2 aromatic rings. The summed E-state index contributed by atoms with van der Waals surface area (Å²) in [6.45, 7) is 8.31. The van der Waals surface area contributed by atoms with Crippen molar-refractivity contribution in [3.05, 3.63) is 53.1 Å². The van der Waals surface area contributed by atoms with Crippen LogP contribution in [0.3, 0.4) is 0 Å². The Kier molecular flexibility index (Phi) is 6.04. The molecule has 6 nitrogen and oxygen atoms in total. The molecule has 1 aliphatic heterocycles. The van der Waals surface area contributed by atoms with Crippen LogP contribution in [0.1, 0.15) is 16.7 Å². The lowest BCUT2D eigenvalue weighted by Crippen LogP contribution is -3.12. The first-order valence-electron chi connectivity index (χ1n) is 8.99. The predicted molar refractivity (Wildman–Crippen MR) is 102 cm³/mol. The molecule has 1 aliphatic rings. The zero-order valence-electron chi connectivity index (χ0n) is 15.9. The van der Waals surface area contributed by atoms with Crippen molar-refractivity contribution in [2.45, 2.75) is 25.3 Å². The van der Waals surface area contributed by atoms with Crippen molar-refractivity contribution >= 4 is 10.1 Å². The van der Waals surface area contributed by atoms with Crippen molar-refractivity contribution in [3.8, 4) is 11.5 Å². The highest BCUT2D eigenvalue weighted by molar-refractivity contribution is 7.87. The van der Waals surface area contributed by atoms with Crippen LogP contribution in [0.15, 0.2) is 41.3 Å². The number of rotatable bonds is 6. The third kappa shape index (κ3) is 4.80. The van der Waals surface area contributed by atoms with Gasteiger partial charge in [-0.1, -0.05) is 0 Å². The minimum Gasteiger partial charge on any atom is -0.497 e. The van der Waals surface area contributed by atoms with Gasteiger partial charge in [-0.15, -0.1) is 0 Å². The van der Waals surface area contributed by atoms with Gasteiger partial charge in [-0.2, -0.15) is 8.42 Å². The Morgan fingerprint density at radius 3 is 2.33 bits per heavy atom. The molecule has 27 heavy (non-hydrogen) atoms. The summed E-state index contributed by atoms with van der Waals surface area (Å²) in [5, 5.41) is 0. The van der Waals surface area contributed by atoms with Crippen LogP contribution < -0.4 is 13.8 Å². The van der Waals surface area contributed by atoms with Gasteiger partial charge in [0.2, 0.25) is 0 Å².